The van der Waals surface area contributed by atoms with Crippen LogP contribution in [-0.2, 0) is 9.59 Å². The first-order chi connectivity index (χ1) is 14.9. The molecule has 0 bridgehead atoms. The van der Waals surface area contributed by atoms with E-state index >= 15 is 0 Å². The lowest BCUT2D eigenvalue weighted by Gasteiger charge is -2.25. The van der Waals surface area contributed by atoms with Crippen molar-refractivity contribution < 1.29 is 23.9 Å². The maximum absolute atomic E-state index is 13.1. The molecule has 0 unspecified atom stereocenters. The fourth-order valence-electron chi connectivity index (χ4n) is 4.58. The zero-order valence-electron chi connectivity index (χ0n) is 17.9. The molecule has 2 aromatic rings. The lowest BCUT2D eigenvalue weighted by molar-refractivity contribution is -0.122. The smallest absolute Gasteiger partial charge is 0.257 e. The number of ether oxygens (including phenoxy) is 2. The van der Waals surface area contributed by atoms with Gasteiger partial charge < -0.3 is 14.8 Å². The lowest BCUT2D eigenvalue weighted by atomic mass is 9.76. The largest absolute Gasteiger partial charge is 0.497 e. The molecule has 1 saturated heterocycles. The number of anilines is 2. The van der Waals surface area contributed by atoms with Gasteiger partial charge in [0.05, 0.1) is 43.0 Å². The molecule has 31 heavy (non-hydrogen) atoms. The zero-order valence-corrected chi connectivity index (χ0v) is 17.9. The number of amides is 3. The molecule has 1 saturated carbocycles. The van der Waals surface area contributed by atoms with E-state index in [0.717, 1.165) is 6.42 Å². The molecule has 3 atom stereocenters. The van der Waals surface area contributed by atoms with Gasteiger partial charge in [-0.25, -0.2) is 4.90 Å². The molecule has 1 N–H and O–H groups in total. The van der Waals surface area contributed by atoms with Crippen LogP contribution in [0.3, 0.4) is 0 Å². The summed E-state index contributed by atoms with van der Waals surface area (Å²) in [5.74, 6) is 0.0318. The summed E-state index contributed by atoms with van der Waals surface area (Å²) in [6, 6.07) is 11.8. The van der Waals surface area contributed by atoms with Crippen LogP contribution in [0.1, 0.15) is 36.5 Å². The number of hydrogen-bond acceptors (Lipinski definition) is 5. The van der Waals surface area contributed by atoms with Crippen molar-refractivity contribution in [1.82, 2.24) is 0 Å². The number of carbonyl (C=O) groups is 3. The fourth-order valence-corrected chi connectivity index (χ4v) is 4.58. The number of carbonyl (C=O) groups excluding carboxylic acids is 3. The highest BCUT2D eigenvalue weighted by molar-refractivity contribution is 6.24. The Morgan fingerprint density at radius 1 is 1.00 bits per heavy atom. The monoisotopic (exact) mass is 422 g/mol. The Hall–Kier alpha value is -3.35. The first-order valence-electron chi connectivity index (χ1n) is 10.4. The number of rotatable bonds is 5. The second-order valence-electron chi connectivity index (χ2n) is 8.18. The molecule has 0 spiro atoms. The molecule has 0 aromatic heterocycles. The normalized spacial score (nSPS) is 22.8. The first-order valence-corrected chi connectivity index (χ1v) is 10.4. The van der Waals surface area contributed by atoms with Crippen molar-refractivity contribution in [2.75, 3.05) is 24.4 Å². The van der Waals surface area contributed by atoms with E-state index in [1.807, 2.05) is 0 Å². The van der Waals surface area contributed by atoms with E-state index < -0.39 is 5.91 Å². The van der Waals surface area contributed by atoms with E-state index in [-0.39, 0.29) is 29.2 Å². The van der Waals surface area contributed by atoms with Gasteiger partial charge in [0.25, 0.3) is 5.91 Å². The van der Waals surface area contributed by atoms with Crippen LogP contribution in [0.4, 0.5) is 11.4 Å². The van der Waals surface area contributed by atoms with Crippen LogP contribution in [0.25, 0.3) is 0 Å². The third-order valence-corrected chi connectivity index (χ3v) is 6.23. The van der Waals surface area contributed by atoms with Gasteiger partial charge in [-0.1, -0.05) is 19.1 Å². The van der Waals surface area contributed by atoms with Crippen LogP contribution < -0.4 is 19.7 Å². The van der Waals surface area contributed by atoms with Crippen molar-refractivity contribution in [3.8, 4) is 11.5 Å². The van der Waals surface area contributed by atoms with Crippen molar-refractivity contribution in [2.45, 2.75) is 26.2 Å². The van der Waals surface area contributed by atoms with Crippen LogP contribution >= 0.6 is 0 Å². The highest BCUT2D eigenvalue weighted by Crippen LogP contribution is 2.43. The lowest BCUT2D eigenvalue weighted by Crippen LogP contribution is -2.33. The van der Waals surface area contributed by atoms with Crippen molar-refractivity contribution >= 4 is 29.1 Å². The average molecular weight is 422 g/mol. The van der Waals surface area contributed by atoms with E-state index in [4.69, 9.17) is 9.47 Å². The summed E-state index contributed by atoms with van der Waals surface area (Å²) in [6.45, 7) is 2.11. The zero-order chi connectivity index (χ0) is 22.1. The summed E-state index contributed by atoms with van der Waals surface area (Å²) >= 11 is 0. The Morgan fingerprint density at radius 2 is 1.74 bits per heavy atom. The van der Waals surface area contributed by atoms with E-state index in [1.54, 1.807) is 49.6 Å². The first kappa shape index (κ1) is 20.9. The molecule has 3 amide bonds. The maximum atomic E-state index is 13.1. The Morgan fingerprint density at radius 3 is 2.48 bits per heavy atom. The van der Waals surface area contributed by atoms with Crippen molar-refractivity contribution in [3.63, 3.8) is 0 Å². The van der Waals surface area contributed by atoms with Crippen molar-refractivity contribution in [2.24, 2.45) is 17.8 Å². The molecule has 1 heterocycles. The predicted molar refractivity (Wildman–Crippen MR) is 116 cm³/mol. The van der Waals surface area contributed by atoms with Crippen LogP contribution in [0.5, 0.6) is 11.5 Å². The Kier molecular flexibility index (Phi) is 5.67. The second-order valence-corrected chi connectivity index (χ2v) is 8.18. The van der Waals surface area contributed by atoms with Gasteiger partial charge in [-0.2, -0.15) is 0 Å². The van der Waals surface area contributed by atoms with Gasteiger partial charge in [0.15, 0.2) is 0 Å². The molecular formula is C24H26N2O5. The summed E-state index contributed by atoms with van der Waals surface area (Å²) in [7, 11) is 3.05. The SMILES string of the molecule is COc1ccc(NC(=O)c2ccccc2N2C(=O)[C@@H]3CC[C@@H](C)C[C@H]3C2=O)c(OC)c1. The molecule has 162 valence electrons. The van der Waals surface area contributed by atoms with Gasteiger partial charge in [-0.3, -0.25) is 14.4 Å². The molecular weight excluding hydrogens is 396 g/mol. The van der Waals surface area contributed by atoms with E-state index in [0.29, 0.717) is 41.6 Å². The van der Waals surface area contributed by atoms with E-state index in [2.05, 4.69) is 12.2 Å². The Labute approximate surface area is 181 Å². The van der Waals surface area contributed by atoms with Gasteiger partial charge in [0.1, 0.15) is 11.5 Å². The molecule has 2 aliphatic rings. The third-order valence-electron chi connectivity index (χ3n) is 6.23. The summed E-state index contributed by atoms with van der Waals surface area (Å²) < 4.78 is 10.5. The highest BCUT2D eigenvalue weighted by atomic mass is 16.5. The minimum atomic E-state index is -0.428. The van der Waals surface area contributed by atoms with Crippen molar-refractivity contribution in [1.29, 1.82) is 0 Å². The number of para-hydroxylation sites is 1. The highest BCUT2D eigenvalue weighted by Gasteiger charge is 2.50. The fraction of sp³-hybridized carbons (Fsp3) is 0.375. The summed E-state index contributed by atoms with van der Waals surface area (Å²) in [6.07, 6.45) is 2.36. The van der Waals surface area contributed by atoms with Gasteiger partial charge in [-0.15, -0.1) is 0 Å². The topological polar surface area (TPSA) is 84.9 Å². The molecule has 0 radical (unpaired) electrons. The van der Waals surface area contributed by atoms with Crippen LogP contribution in [0.15, 0.2) is 42.5 Å². The number of nitrogens with one attached hydrogen (secondary N) is 1. The number of fused-ring (bicyclic) bond motifs is 1. The summed E-state index contributed by atoms with van der Waals surface area (Å²) in [5.41, 5.74) is 1.04. The third kappa shape index (κ3) is 3.76. The Bertz CT molecular complexity index is 1030. The molecule has 2 aromatic carbocycles. The van der Waals surface area contributed by atoms with Crippen LogP contribution in [0, 0.1) is 17.8 Å². The molecule has 7 heteroatoms. The summed E-state index contributed by atoms with van der Waals surface area (Å²) in [5, 5.41) is 2.82. The number of nitrogens with zero attached hydrogens (tertiary/aromatic N) is 1. The van der Waals surface area contributed by atoms with Gasteiger partial charge in [0, 0.05) is 6.07 Å². The molecule has 4 rings (SSSR count). The predicted octanol–water partition coefficient (Wildman–Crippen LogP) is 3.88. The molecule has 1 aliphatic heterocycles. The number of hydrogen-bond donors (Lipinski definition) is 1. The van der Waals surface area contributed by atoms with E-state index in [1.165, 1.54) is 12.0 Å². The van der Waals surface area contributed by atoms with Gasteiger partial charge in [0.2, 0.25) is 11.8 Å². The minimum absolute atomic E-state index is 0.204. The van der Waals surface area contributed by atoms with E-state index in [9.17, 15) is 14.4 Å². The maximum Gasteiger partial charge on any atom is 0.257 e. The molecule has 2 fully saturated rings. The quantitative estimate of drug-likeness (QED) is 0.739. The second kappa shape index (κ2) is 8.41. The molecule has 1 aliphatic carbocycles. The van der Waals surface area contributed by atoms with Crippen LogP contribution in [0.2, 0.25) is 0 Å². The number of methoxy groups -OCH3 is 2. The average Bonchev–Trinajstić information content (AvgIpc) is 3.03. The van der Waals surface area contributed by atoms with Gasteiger partial charge in [-0.05, 0) is 49.4 Å². The van der Waals surface area contributed by atoms with Crippen LogP contribution in [-0.4, -0.2) is 31.9 Å². The molecule has 7 nitrogen and oxygen atoms in total. The minimum Gasteiger partial charge on any atom is -0.497 e. The van der Waals surface area contributed by atoms with Gasteiger partial charge >= 0.3 is 0 Å². The Balaban J connectivity index is 1.64. The van der Waals surface area contributed by atoms with Crippen molar-refractivity contribution in [3.05, 3.63) is 48.0 Å². The number of imide groups is 1. The number of benzene rings is 2. The standard InChI is InChI=1S/C24H26N2O5/c1-14-8-10-16-18(12-14)24(29)26(23(16)28)20-7-5-4-6-17(20)22(27)25-19-11-9-15(30-2)13-21(19)31-3/h4-7,9,11,13-14,16,18H,8,10,12H2,1-3H3,(H,25,27)/t14-,16-,18-/m1/s1. The summed E-state index contributed by atoms with van der Waals surface area (Å²) in [4.78, 5) is 40.6.